The average Bonchev–Trinajstić information content (AvgIpc) is 2.14. The van der Waals surface area contributed by atoms with E-state index in [2.05, 4.69) is 10.8 Å². The fraction of sp³-hybridized carbons (Fsp3) is 0.500. The second-order valence-corrected chi connectivity index (χ2v) is 4.08. The van der Waals surface area contributed by atoms with E-state index < -0.39 is 0 Å². The van der Waals surface area contributed by atoms with Crippen LogP contribution in [-0.2, 0) is 9.63 Å². The third-order valence-corrected chi connectivity index (χ3v) is 1.55. The van der Waals surface area contributed by atoms with E-state index in [-0.39, 0.29) is 11.5 Å². The second kappa shape index (κ2) is 4.28. The minimum absolute atomic E-state index is 0.197. The molecule has 4 nitrogen and oxygen atoms in total. The molecule has 0 atom stereocenters. The van der Waals surface area contributed by atoms with E-state index in [1.165, 1.54) is 0 Å². The van der Waals surface area contributed by atoms with Crippen molar-refractivity contribution in [3.63, 3.8) is 0 Å². The maximum Gasteiger partial charge on any atom is 0.272 e. The number of carbonyl (C=O) groups excluding carboxylic acids is 1. The predicted octanol–water partition coefficient (Wildman–Crippen LogP) is 0.876. The zero-order valence-corrected chi connectivity index (χ0v) is 8.76. The Labute approximate surface area is 84.0 Å². The van der Waals surface area contributed by atoms with E-state index in [1.807, 2.05) is 20.8 Å². The number of hydroxylamine groups is 1. The van der Waals surface area contributed by atoms with Gasteiger partial charge in [0.1, 0.15) is 0 Å². The standard InChI is InChI=1S/C10H16N2O2/c1-10(2,3)14-12-9(13)8-5-4-6-11-7-8/h4-6,11H,7H2,1-3H3,(H,12,13). The molecule has 1 aliphatic heterocycles. The fourth-order valence-electron chi connectivity index (χ4n) is 0.881. The first kappa shape index (κ1) is 10.8. The highest BCUT2D eigenvalue weighted by Crippen LogP contribution is 2.05. The molecule has 0 fully saturated rings. The zero-order valence-electron chi connectivity index (χ0n) is 8.76. The van der Waals surface area contributed by atoms with Crippen molar-refractivity contribution in [1.82, 2.24) is 10.8 Å². The van der Waals surface area contributed by atoms with Gasteiger partial charge in [-0.1, -0.05) is 6.08 Å². The summed E-state index contributed by atoms with van der Waals surface area (Å²) in [7, 11) is 0. The molecule has 78 valence electrons. The molecule has 0 bridgehead atoms. The van der Waals surface area contributed by atoms with E-state index >= 15 is 0 Å². The maximum absolute atomic E-state index is 11.5. The molecule has 0 spiro atoms. The number of dihydropyridines is 1. The van der Waals surface area contributed by atoms with Gasteiger partial charge in [0.05, 0.1) is 5.60 Å². The Balaban J connectivity index is 2.42. The third-order valence-electron chi connectivity index (χ3n) is 1.55. The molecule has 1 amide bonds. The quantitative estimate of drug-likeness (QED) is 0.644. The largest absolute Gasteiger partial charge is 0.387 e. The summed E-state index contributed by atoms with van der Waals surface area (Å²) in [6.07, 6.45) is 5.34. The summed E-state index contributed by atoms with van der Waals surface area (Å²) in [5.74, 6) is -0.197. The lowest BCUT2D eigenvalue weighted by Gasteiger charge is -2.20. The van der Waals surface area contributed by atoms with Gasteiger partial charge in [0.15, 0.2) is 0 Å². The number of rotatable bonds is 2. The molecule has 0 aromatic carbocycles. The monoisotopic (exact) mass is 196 g/mol. The van der Waals surface area contributed by atoms with Crippen LogP contribution in [-0.4, -0.2) is 18.1 Å². The SMILES string of the molecule is CC(C)(C)ONC(=O)C1=CC=CNC1. The highest BCUT2D eigenvalue weighted by atomic mass is 16.7. The van der Waals surface area contributed by atoms with E-state index in [0.29, 0.717) is 12.1 Å². The van der Waals surface area contributed by atoms with Crippen LogP contribution < -0.4 is 10.8 Å². The number of amides is 1. The van der Waals surface area contributed by atoms with Gasteiger partial charge >= 0.3 is 0 Å². The van der Waals surface area contributed by atoms with Crippen LogP contribution in [0, 0.1) is 0 Å². The lowest BCUT2D eigenvalue weighted by molar-refractivity contribution is -0.141. The second-order valence-electron chi connectivity index (χ2n) is 4.08. The average molecular weight is 196 g/mol. The number of allylic oxidation sites excluding steroid dienone is 2. The predicted molar refractivity (Wildman–Crippen MR) is 54.2 cm³/mol. The first-order valence-electron chi connectivity index (χ1n) is 4.56. The van der Waals surface area contributed by atoms with Gasteiger partial charge in [0, 0.05) is 12.1 Å². The topological polar surface area (TPSA) is 50.4 Å². The van der Waals surface area contributed by atoms with E-state index in [0.717, 1.165) is 0 Å². The van der Waals surface area contributed by atoms with Crippen LogP contribution in [0.3, 0.4) is 0 Å². The summed E-state index contributed by atoms with van der Waals surface area (Å²) in [5, 5.41) is 2.95. The van der Waals surface area contributed by atoms with Gasteiger partial charge in [-0.05, 0) is 33.0 Å². The zero-order chi connectivity index (χ0) is 10.6. The van der Waals surface area contributed by atoms with Crippen LogP contribution in [0.5, 0.6) is 0 Å². The van der Waals surface area contributed by atoms with Crippen molar-refractivity contribution in [2.45, 2.75) is 26.4 Å². The Kier molecular flexibility index (Phi) is 3.30. The Morgan fingerprint density at radius 2 is 2.29 bits per heavy atom. The Morgan fingerprint density at radius 3 is 2.79 bits per heavy atom. The van der Waals surface area contributed by atoms with Crippen molar-refractivity contribution in [2.24, 2.45) is 0 Å². The molecule has 0 aromatic rings. The van der Waals surface area contributed by atoms with Gasteiger partial charge in [-0.25, -0.2) is 5.48 Å². The van der Waals surface area contributed by atoms with Crippen molar-refractivity contribution < 1.29 is 9.63 Å². The molecule has 0 radical (unpaired) electrons. The summed E-state index contributed by atoms with van der Waals surface area (Å²) in [6.45, 7) is 6.16. The highest BCUT2D eigenvalue weighted by molar-refractivity contribution is 5.93. The minimum Gasteiger partial charge on any atom is -0.387 e. The van der Waals surface area contributed by atoms with Crippen LogP contribution in [0.15, 0.2) is 23.9 Å². The normalized spacial score (nSPS) is 15.8. The molecular weight excluding hydrogens is 180 g/mol. The first-order chi connectivity index (χ1) is 6.49. The summed E-state index contributed by atoms with van der Waals surface area (Å²) in [4.78, 5) is 16.6. The molecule has 0 unspecified atom stereocenters. The number of nitrogens with one attached hydrogen (secondary N) is 2. The van der Waals surface area contributed by atoms with E-state index in [4.69, 9.17) is 4.84 Å². The molecule has 0 aromatic heterocycles. The van der Waals surface area contributed by atoms with Gasteiger partial charge in [0.25, 0.3) is 5.91 Å². The molecule has 4 heteroatoms. The van der Waals surface area contributed by atoms with Gasteiger partial charge in [-0.15, -0.1) is 0 Å². The molecule has 2 N–H and O–H groups in total. The van der Waals surface area contributed by atoms with Crippen LogP contribution in [0.25, 0.3) is 0 Å². The Hall–Kier alpha value is -1.29. The summed E-state index contributed by atoms with van der Waals surface area (Å²) < 4.78 is 0. The molecule has 1 heterocycles. The smallest absolute Gasteiger partial charge is 0.272 e. The van der Waals surface area contributed by atoms with Gasteiger partial charge in [0.2, 0.25) is 0 Å². The van der Waals surface area contributed by atoms with Crippen LogP contribution in [0.2, 0.25) is 0 Å². The fourth-order valence-corrected chi connectivity index (χ4v) is 0.881. The molecule has 1 rings (SSSR count). The van der Waals surface area contributed by atoms with Gasteiger partial charge < -0.3 is 5.32 Å². The van der Waals surface area contributed by atoms with Crippen molar-refractivity contribution in [3.8, 4) is 0 Å². The van der Waals surface area contributed by atoms with Gasteiger partial charge in [-0.3, -0.25) is 9.63 Å². The molecule has 0 saturated heterocycles. The molecule has 14 heavy (non-hydrogen) atoms. The highest BCUT2D eigenvalue weighted by Gasteiger charge is 2.15. The summed E-state index contributed by atoms with van der Waals surface area (Å²) >= 11 is 0. The third kappa shape index (κ3) is 3.62. The van der Waals surface area contributed by atoms with Crippen LogP contribution >= 0.6 is 0 Å². The van der Waals surface area contributed by atoms with Crippen LogP contribution in [0.1, 0.15) is 20.8 Å². The summed E-state index contributed by atoms with van der Waals surface area (Å²) in [6, 6.07) is 0. The summed E-state index contributed by atoms with van der Waals surface area (Å²) in [5.41, 5.74) is 2.71. The molecule has 1 aliphatic rings. The van der Waals surface area contributed by atoms with Crippen molar-refractivity contribution in [3.05, 3.63) is 23.9 Å². The van der Waals surface area contributed by atoms with Crippen molar-refractivity contribution in [1.29, 1.82) is 0 Å². The first-order valence-corrected chi connectivity index (χ1v) is 4.56. The molecule has 0 saturated carbocycles. The lowest BCUT2D eigenvalue weighted by Crippen LogP contribution is -2.36. The molecule has 0 aliphatic carbocycles. The Morgan fingerprint density at radius 1 is 1.57 bits per heavy atom. The van der Waals surface area contributed by atoms with Crippen LogP contribution in [0.4, 0.5) is 0 Å². The Bertz CT molecular complexity index is 274. The van der Waals surface area contributed by atoms with Gasteiger partial charge in [-0.2, -0.15) is 0 Å². The van der Waals surface area contributed by atoms with E-state index in [1.54, 1.807) is 18.4 Å². The van der Waals surface area contributed by atoms with Crippen molar-refractivity contribution >= 4 is 5.91 Å². The lowest BCUT2D eigenvalue weighted by atomic mass is 10.2. The molecular formula is C10H16N2O2. The number of carbonyl (C=O) groups is 1. The minimum atomic E-state index is -0.367. The van der Waals surface area contributed by atoms with E-state index in [9.17, 15) is 4.79 Å². The number of hydrogen-bond acceptors (Lipinski definition) is 3. The maximum atomic E-state index is 11.5. The number of hydrogen-bond donors (Lipinski definition) is 2. The van der Waals surface area contributed by atoms with Crippen molar-refractivity contribution in [2.75, 3.05) is 6.54 Å².